The number of hydrogen-bond acceptors (Lipinski definition) is 3. The molecule has 0 rings (SSSR count). The molecule has 0 saturated heterocycles. The highest BCUT2D eigenvalue weighted by molar-refractivity contribution is 7.98. The number of nitrogens with one attached hydrogen (secondary N) is 1. The summed E-state index contributed by atoms with van der Waals surface area (Å²) in [4.78, 5) is 23.6. The Labute approximate surface area is 101 Å². The Kier molecular flexibility index (Phi) is 6.96. The molecule has 0 spiro atoms. The molecular formula is C10H20N2O3S. The average Bonchev–Trinajstić information content (AvgIpc) is 2.17. The second-order valence-corrected chi connectivity index (χ2v) is 4.84. The summed E-state index contributed by atoms with van der Waals surface area (Å²) in [5.41, 5.74) is 0. The number of carbonyl (C=O) groups is 2. The number of thioether (sulfide) groups is 1. The number of hydrogen-bond donors (Lipinski definition) is 2. The third-order valence-corrected chi connectivity index (χ3v) is 2.94. The lowest BCUT2D eigenvalue weighted by molar-refractivity contribution is -0.141. The topological polar surface area (TPSA) is 69.6 Å². The Morgan fingerprint density at radius 2 is 2.00 bits per heavy atom. The SMILES string of the molecule is CSCC(C)NC(=O)N(C)CC(C)C(=O)O. The lowest BCUT2D eigenvalue weighted by atomic mass is 10.2. The molecule has 0 aromatic heterocycles. The lowest BCUT2D eigenvalue weighted by Crippen LogP contribution is -2.45. The van der Waals surface area contributed by atoms with E-state index in [1.807, 2.05) is 13.2 Å². The summed E-state index contributed by atoms with van der Waals surface area (Å²) < 4.78 is 0. The molecule has 0 fully saturated rings. The van der Waals surface area contributed by atoms with Crippen LogP contribution >= 0.6 is 11.8 Å². The quantitative estimate of drug-likeness (QED) is 0.738. The third kappa shape index (κ3) is 5.85. The molecule has 0 bridgehead atoms. The van der Waals surface area contributed by atoms with Crippen molar-refractivity contribution in [3.8, 4) is 0 Å². The van der Waals surface area contributed by atoms with Crippen LogP contribution in [0.15, 0.2) is 0 Å². The van der Waals surface area contributed by atoms with Crippen LogP contribution in [0.4, 0.5) is 4.79 Å². The van der Waals surface area contributed by atoms with Crippen molar-refractivity contribution >= 4 is 23.8 Å². The van der Waals surface area contributed by atoms with Crippen molar-refractivity contribution in [2.75, 3.05) is 25.6 Å². The molecule has 16 heavy (non-hydrogen) atoms. The van der Waals surface area contributed by atoms with E-state index in [-0.39, 0.29) is 18.6 Å². The summed E-state index contributed by atoms with van der Waals surface area (Å²) in [5, 5.41) is 11.5. The lowest BCUT2D eigenvalue weighted by Gasteiger charge is -2.22. The third-order valence-electron chi connectivity index (χ3n) is 2.10. The fourth-order valence-electron chi connectivity index (χ4n) is 1.18. The van der Waals surface area contributed by atoms with Gasteiger partial charge < -0.3 is 15.3 Å². The van der Waals surface area contributed by atoms with Crippen molar-refractivity contribution in [1.29, 1.82) is 0 Å². The smallest absolute Gasteiger partial charge is 0.317 e. The van der Waals surface area contributed by atoms with Gasteiger partial charge in [0.25, 0.3) is 0 Å². The van der Waals surface area contributed by atoms with Gasteiger partial charge in [-0.3, -0.25) is 4.79 Å². The van der Waals surface area contributed by atoms with Crippen molar-refractivity contribution in [2.45, 2.75) is 19.9 Å². The van der Waals surface area contributed by atoms with Gasteiger partial charge in [0.05, 0.1) is 5.92 Å². The maximum absolute atomic E-state index is 11.6. The summed E-state index contributed by atoms with van der Waals surface area (Å²) >= 11 is 1.65. The van der Waals surface area contributed by atoms with Crippen LogP contribution in [0.1, 0.15) is 13.8 Å². The van der Waals surface area contributed by atoms with E-state index in [0.29, 0.717) is 0 Å². The Morgan fingerprint density at radius 3 is 2.44 bits per heavy atom. The van der Waals surface area contributed by atoms with Crippen LogP contribution in [0.5, 0.6) is 0 Å². The number of carboxylic acids is 1. The van der Waals surface area contributed by atoms with E-state index in [1.165, 1.54) is 4.90 Å². The minimum atomic E-state index is -0.892. The Balaban J connectivity index is 4.03. The van der Waals surface area contributed by atoms with Crippen LogP contribution in [0.25, 0.3) is 0 Å². The highest BCUT2D eigenvalue weighted by Gasteiger charge is 2.18. The van der Waals surface area contributed by atoms with Crippen molar-refractivity contribution in [3.63, 3.8) is 0 Å². The van der Waals surface area contributed by atoms with E-state index < -0.39 is 11.9 Å². The number of carbonyl (C=O) groups excluding carboxylic acids is 1. The maximum Gasteiger partial charge on any atom is 0.317 e. The van der Waals surface area contributed by atoms with Crippen LogP contribution in [0.2, 0.25) is 0 Å². The molecule has 0 aromatic carbocycles. The highest BCUT2D eigenvalue weighted by atomic mass is 32.2. The Bertz CT molecular complexity index is 248. The van der Waals surface area contributed by atoms with E-state index in [1.54, 1.807) is 25.7 Å². The standard InChI is InChI=1S/C10H20N2O3S/c1-7(9(13)14)5-12(3)10(15)11-8(2)6-16-4/h7-8H,5-6H2,1-4H3,(H,11,15)(H,13,14). The molecule has 0 aliphatic carbocycles. The molecule has 2 unspecified atom stereocenters. The summed E-state index contributed by atoms with van der Waals surface area (Å²) in [6.45, 7) is 3.72. The molecule has 2 amide bonds. The molecule has 5 nitrogen and oxygen atoms in total. The average molecular weight is 248 g/mol. The van der Waals surface area contributed by atoms with E-state index in [9.17, 15) is 9.59 Å². The van der Waals surface area contributed by atoms with Gasteiger partial charge in [0, 0.05) is 25.4 Å². The van der Waals surface area contributed by atoms with Gasteiger partial charge in [0.15, 0.2) is 0 Å². The minimum absolute atomic E-state index is 0.0880. The van der Waals surface area contributed by atoms with Gasteiger partial charge in [0.2, 0.25) is 0 Å². The zero-order valence-electron chi connectivity index (χ0n) is 10.2. The van der Waals surface area contributed by atoms with E-state index in [4.69, 9.17) is 5.11 Å². The fourth-order valence-corrected chi connectivity index (χ4v) is 1.77. The van der Waals surface area contributed by atoms with Gasteiger partial charge in [0.1, 0.15) is 0 Å². The van der Waals surface area contributed by atoms with Crippen LogP contribution in [0.3, 0.4) is 0 Å². The number of amides is 2. The van der Waals surface area contributed by atoms with E-state index in [0.717, 1.165) is 5.75 Å². The molecule has 0 saturated carbocycles. The first-order valence-electron chi connectivity index (χ1n) is 5.11. The molecule has 0 aliphatic heterocycles. The number of urea groups is 1. The largest absolute Gasteiger partial charge is 0.481 e. The zero-order chi connectivity index (χ0) is 12.7. The molecular weight excluding hydrogens is 228 g/mol. The molecule has 0 heterocycles. The molecule has 94 valence electrons. The summed E-state index contributed by atoms with van der Waals surface area (Å²) in [6, 6.07) is -0.139. The zero-order valence-corrected chi connectivity index (χ0v) is 11.0. The Morgan fingerprint density at radius 1 is 1.44 bits per heavy atom. The van der Waals surface area contributed by atoms with Crippen molar-refractivity contribution < 1.29 is 14.7 Å². The van der Waals surface area contributed by atoms with Gasteiger partial charge in [-0.05, 0) is 13.2 Å². The van der Waals surface area contributed by atoms with E-state index in [2.05, 4.69) is 5.32 Å². The molecule has 2 atom stereocenters. The Hall–Kier alpha value is -0.910. The number of nitrogens with zero attached hydrogens (tertiary/aromatic N) is 1. The monoisotopic (exact) mass is 248 g/mol. The molecule has 0 aliphatic rings. The van der Waals surface area contributed by atoms with Crippen LogP contribution in [0, 0.1) is 5.92 Å². The first-order chi connectivity index (χ1) is 7.38. The van der Waals surface area contributed by atoms with Gasteiger partial charge in [-0.25, -0.2) is 4.79 Å². The van der Waals surface area contributed by atoms with Gasteiger partial charge in [-0.1, -0.05) is 6.92 Å². The normalized spacial score (nSPS) is 14.0. The predicted molar refractivity (Wildman–Crippen MR) is 65.8 cm³/mol. The summed E-state index contributed by atoms with van der Waals surface area (Å²) in [7, 11) is 1.60. The van der Waals surface area contributed by atoms with Crippen LogP contribution in [-0.2, 0) is 4.79 Å². The number of rotatable bonds is 6. The van der Waals surface area contributed by atoms with Gasteiger partial charge in [-0.15, -0.1) is 0 Å². The minimum Gasteiger partial charge on any atom is -0.481 e. The number of carboxylic acid groups (broad SMARTS) is 1. The first kappa shape index (κ1) is 15.1. The molecule has 6 heteroatoms. The van der Waals surface area contributed by atoms with Crippen molar-refractivity contribution in [3.05, 3.63) is 0 Å². The van der Waals surface area contributed by atoms with Gasteiger partial charge in [-0.2, -0.15) is 11.8 Å². The number of aliphatic carboxylic acids is 1. The van der Waals surface area contributed by atoms with Crippen molar-refractivity contribution in [2.24, 2.45) is 5.92 Å². The van der Waals surface area contributed by atoms with Gasteiger partial charge >= 0.3 is 12.0 Å². The summed E-state index contributed by atoms with van der Waals surface area (Å²) in [6.07, 6.45) is 1.97. The van der Waals surface area contributed by atoms with Crippen molar-refractivity contribution in [1.82, 2.24) is 10.2 Å². The second kappa shape index (κ2) is 7.38. The first-order valence-corrected chi connectivity index (χ1v) is 6.51. The highest BCUT2D eigenvalue weighted by Crippen LogP contribution is 2.00. The fraction of sp³-hybridized carbons (Fsp3) is 0.800. The van der Waals surface area contributed by atoms with E-state index >= 15 is 0 Å². The predicted octanol–water partition coefficient (Wildman–Crippen LogP) is 1.10. The summed E-state index contributed by atoms with van der Waals surface area (Å²) in [5.74, 6) is -0.600. The van der Waals surface area contributed by atoms with Crippen LogP contribution in [-0.4, -0.2) is 53.6 Å². The molecule has 2 N–H and O–H groups in total. The second-order valence-electron chi connectivity index (χ2n) is 3.93. The molecule has 0 aromatic rings. The maximum atomic E-state index is 11.6. The molecule has 0 radical (unpaired) electrons. The van der Waals surface area contributed by atoms with Crippen LogP contribution < -0.4 is 5.32 Å².